The summed E-state index contributed by atoms with van der Waals surface area (Å²) in [7, 11) is 0. The summed E-state index contributed by atoms with van der Waals surface area (Å²) in [4.78, 5) is 26.9. The molecule has 0 radical (unpaired) electrons. The van der Waals surface area contributed by atoms with Crippen molar-refractivity contribution >= 4 is 27.8 Å². The minimum absolute atomic E-state index is 0.140. The molecule has 3 aromatic heterocycles. The molecule has 4 aromatic rings. The van der Waals surface area contributed by atoms with E-state index >= 15 is 0 Å². The van der Waals surface area contributed by atoms with Gasteiger partial charge in [0.25, 0.3) is 5.56 Å². The number of nitrogens with zero attached hydrogens (tertiary/aromatic N) is 5. The number of aromatic amines is 1. The largest absolute Gasteiger partial charge is 0.396 e. The van der Waals surface area contributed by atoms with Crippen molar-refractivity contribution in [3.05, 3.63) is 47.4 Å². The molecule has 6 rings (SSSR count). The van der Waals surface area contributed by atoms with Gasteiger partial charge in [-0.25, -0.2) is 9.97 Å². The summed E-state index contributed by atoms with van der Waals surface area (Å²) >= 11 is 0. The molecule has 0 spiro atoms. The van der Waals surface area contributed by atoms with Crippen LogP contribution in [0.2, 0.25) is 0 Å². The van der Waals surface area contributed by atoms with Crippen LogP contribution >= 0.6 is 0 Å². The first-order valence-corrected chi connectivity index (χ1v) is 11.6. The third kappa shape index (κ3) is 3.12. The van der Waals surface area contributed by atoms with E-state index in [1.165, 1.54) is 38.4 Å². The summed E-state index contributed by atoms with van der Waals surface area (Å²) in [6.07, 6.45) is 12.7. The van der Waals surface area contributed by atoms with Gasteiger partial charge in [0.15, 0.2) is 5.65 Å². The van der Waals surface area contributed by atoms with Crippen molar-refractivity contribution in [2.45, 2.75) is 44.6 Å². The van der Waals surface area contributed by atoms with Gasteiger partial charge in [-0.05, 0) is 37.5 Å². The molecule has 1 unspecified atom stereocenters. The topological polar surface area (TPSA) is 92.0 Å². The second kappa shape index (κ2) is 7.78. The second-order valence-electron chi connectivity index (χ2n) is 9.21. The Morgan fingerprint density at radius 1 is 1.12 bits per heavy atom. The Morgan fingerprint density at radius 2 is 2.00 bits per heavy atom. The van der Waals surface area contributed by atoms with Crippen LogP contribution in [0.3, 0.4) is 0 Å². The highest BCUT2D eigenvalue weighted by Crippen LogP contribution is 2.34. The quantitative estimate of drug-likeness (QED) is 0.516. The minimum atomic E-state index is -0.140. The van der Waals surface area contributed by atoms with Crippen LogP contribution < -0.4 is 10.5 Å². The van der Waals surface area contributed by atoms with Gasteiger partial charge in [0, 0.05) is 43.5 Å². The van der Waals surface area contributed by atoms with E-state index in [1.54, 1.807) is 0 Å². The fourth-order valence-corrected chi connectivity index (χ4v) is 5.51. The molecule has 2 fully saturated rings. The zero-order chi connectivity index (χ0) is 21.7. The van der Waals surface area contributed by atoms with Crippen LogP contribution in [0.25, 0.3) is 27.8 Å². The maximum absolute atomic E-state index is 12.7. The Bertz CT molecular complexity index is 1330. The summed E-state index contributed by atoms with van der Waals surface area (Å²) in [6.45, 7) is 1.74. The maximum Gasteiger partial charge on any atom is 0.262 e. The van der Waals surface area contributed by atoms with E-state index in [0.29, 0.717) is 17.1 Å². The lowest BCUT2D eigenvalue weighted by Crippen LogP contribution is -2.21. The van der Waals surface area contributed by atoms with E-state index in [9.17, 15) is 9.90 Å². The predicted molar refractivity (Wildman–Crippen MR) is 125 cm³/mol. The summed E-state index contributed by atoms with van der Waals surface area (Å²) in [5.41, 5.74) is 4.44. The van der Waals surface area contributed by atoms with E-state index in [-0.39, 0.29) is 18.1 Å². The first kappa shape index (κ1) is 19.5. The van der Waals surface area contributed by atoms with Gasteiger partial charge in [0.1, 0.15) is 5.39 Å². The Labute approximate surface area is 185 Å². The van der Waals surface area contributed by atoms with Gasteiger partial charge < -0.3 is 19.6 Å². The van der Waals surface area contributed by atoms with Crippen LogP contribution in [0, 0.1) is 5.92 Å². The summed E-state index contributed by atoms with van der Waals surface area (Å²) < 4.78 is 4.32. The van der Waals surface area contributed by atoms with Crippen molar-refractivity contribution in [2.24, 2.45) is 5.92 Å². The van der Waals surface area contributed by atoms with Crippen LogP contribution in [0.15, 0.2) is 41.8 Å². The molecule has 32 heavy (non-hydrogen) atoms. The number of anilines is 1. The standard InChI is InChI=1S/C24H28N6O2/c31-13-16-8-9-28(11-16)21-12-29(23-22(21)24(32)26-14-25-23)18-6-7-20-19(10-18)27-15-30(20)17-4-2-1-3-5-17/h6-7,10,12,14-17,31H,1-5,8-9,11,13H2,(H,25,26,32). The number of fused-ring (bicyclic) bond motifs is 2. The smallest absolute Gasteiger partial charge is 0.262 e. The van der Waals surface area contributed by atoms with Crippen molar-refractivity contribution in [3.63, 3.8) is 0 Å². The molecule has 1 atom stereocenters. The van der Waals surface area contributed by atoms with E-state index in [4.69, 9.17) is 4.98 Å². The number of hydrogen-bond acceptors (Lipinski definition) is 5. The normalized spacial score (nSPS) is 20.0. The van der Waals surface area contributed by atoms with E-state index in [1.807, 2.05) is 17.1 Å². The van der Waals surface area contributed by atoms with Crippen molar-refractivity contribution in [2.75, 3.05) is 24.6 Å². The SMILES string of the molecule is O=c1[nH]cnc2c1c(N1CCC(CO)C1)cn2-c1ccc2c(c1)ncn2C1CCCCC1. The lowest BCUT2D eigenvalue weighted by atomic mass is 9.95. The average Bonchev–Trinajstić information content (AvgIpc) is 3.56. The van der Waals surface area contributed by atoms with Gasteiger partial charge in [0.2, 0.25) is 0 Å². The van der Waals surface area contributed by atoms with Crippen LogP contribution in [0.5, 0.6) is 0 Å². The van der Waals surface area contributed by atoms with E-state index in [0.717, 1.165) is 41.9 Å². The molecule has 2 N–H and O–H groups in total. The van der Waals surface area contributed by atoms with Gasteiger partial charge in [-0.1, -0.05) is 19.3 Å². The summed E-state index contributed by atoms with van der Waals surface area (Å²) in [5.74, 6) is 0.240. The van der Waals surface area contributed by atoms with E-state index < -0.39 is 0 Å². The second-order valence-corrected chi connectivity index (χ2v) is 9.21. The molecule has 8 nitrogen and oxygen atoms in total. The number of H-pyrrole nitrogens is 1. The Kier molecular flexibility index (Phi) is 4.75. The Hall–Kier alpha value is -3.13. The number of imidazole rings is 1. The highest BCUT2D eigenvalue weighted by molar-refractivity contribution is 5.92. The van der Waals surface area contributed by atoms with Crippen LogP contribution in [-0.4, -0.2) is 48.9 Å². The van der Waals surface area contributed by atoms with Gasteiger partial charge in [0.05, 0.1) is 29.4 Å². The molecular formula is C24H28N6O2. The monoisotopic (exact) mass is 432 g/mol. The van der Waals surface area contributed by atoms with Crippen molar-refractivity contribution in [1.82, 2.24) is 24.1 Å². The molecule has 1 saturated heterocycles. The minimum Gasteiger partial charge on any atom is -0.396 e. The highest BCUT2D eigenvalue weighted by Gasteiger charge is 2.27. The molecule has 1 aliphatic carbocycles. The number of hydrogen-bond donors (Lipinski definition) is 2. The van der Waals surface area contributed by atoms with Crippen molar-refractivity contribution in [1.29, 1.82) is 0 Å². The Morgan fingerprint density at radius 3 is 2.81 bits per heavy atom. The number of aliphatic hydroxyl groups excluding tert-OH is 1. The molecule has 166 valence electrons. The van der Waals surface area contributed by atoms with Gasteiger partial charge in [-0.2, -0.15) is 0 Å². The average molecular weight is 433 g/mol. The first-order valence-electron chi connectivity index (χ1n) is 11.6. The third-order valence-corrected chi connectivity index (χ3v) is 7.26. The molecule has 0 bridgehead atoms. The van der Waals surface area contributed by atoms with E-state index in [2.05, 4.69) is 37.6 Å². The number of nitrogens with one attached hydrogen (secondary N) is 1. The number of aliphatic hydroxyl groups is 1. The van der Waals surface area contributed by atoms with Crippen LogP contribution in [0.4, 0.5) is 5.69 Å². The van der Waals surface area contributed by atoms with Crippen molar-refractivity contribution < 1.29 is 5.11 Å². The van der Waals surface area contributed by atoms with Gasteiger partial charge in [-0.15, -0.1) is 0 Å². The zero-order valence-electron chi connectivity index (χ0n) is 18.1. The zero-order valence-corrected chi connectivity index (χ0v) is 18.1. The molecule has 1 saturated carbocycles. The van der Waals surface area contributed by atoms with Crippen LogP contribution in [0.1, 0.15) is 44.6 Å². The fraction of sp³-hybridized carbons (Fsp3) is 0.458. The number of rotatable bonds is 4. The Balaban J connectivity index is 1.44. The molecular weight excluding hydrogens is 404 g/mol. The molecule has 0 amide bonds. The van der Waals surface area contributed by atoms with Gasteiger partial charge in [-0.3, -0.25) is 9.36 Å². The van der Waals surface area contributed by atoms with Gasteiger partial charge >= 0.3 is 0 Å². The lowest BCUT2D eigenvalue weighted by molar-refractivity contribution is 0.238. The molecule has 1 aromatic carbocycles. The number of aromatic nitrogens is 5. The first-order chi connectivity index (χ1) is 15.7. The summed E-state index contributed by atoms with van der Waals surface area (Å²) in [6, 6.07) is 6.85. The molecule has 1 aliphatic heterocycles. The van der Waals surface area contributed by atoms with Crippen LogP contribution in [-0.2, 0) is 0 Å². The fourth-order valence-electron chi connectivity index (χ4n) is 5.51. The molecule has 4 heterocycles. The molecule has 8 heteroatoms. The third-order valence-electron chi connectivity index (χ3n) is 7.26. The predicted octanol–water partition coefficient (Wildman–Crippen LogP) is 3.39. The molecule has 2 aliphatic rings. The number of benzene rings is 1. The highest BCUT2D eigenvalue weighted by atomic mass is 16.3. The van der Waals surface area contributed by atoms with Crippen molar-refractivity contribution in [3.8, 4) is 5.69 Å². The lowest BCUT2D eigenvalue weighted by Gasteiger charge is -2.23. The maximum atomic E-state index is 12.7. The summed E-state index contributed by atoms with van der Waals surface area (Å²) in [5, 5.41) is 10.2.